The van der Waals surface area contributed by atoms with Gasteiger partial charge in [0.25, 0.3) is 0 Å². The molecule has 4 heteroatoms. The Balaban J connectivity index is 1.64. The molecule has 0 radical (unpaired) electrons. The zero-order valence-corrected chi connectivity index (χ0v) is 16.5. The standard InChI is InChI=1S/C21H28BrN3/c1-2-20(23)21(18-8-10-19(22)11-9-18)25-14-12-24(13-15-25)16-17-6-4-3-5-7-17/h3-11,20-21H,2,12-16,23H2,1H3. The molecule has 2 atom stereocenters. The van der Waals surface area contributed by atoms with Gasteiger partial charge in [-0.25, -0.2) is 0 Å². The number of nitrogens with two attached hydrogens (primary N) is 1. The fourth-order valence-electron chi connectivity index (χ4n) is 3.65. The summed E-state index contributed by atoms with van der Waals surface area (Å²) in [6.45, 7) is 7.55. The molecule has 0 aliphatic carbocycles. The molecule has 3 nitrogen and oxygen atoms in total. The van der Waals surface area contributed by atoms with Crippen molar-refractivity contribution < 1.29 is 0 Å². The summed E-state index contributed by atoms with van der Waals surface area (Å²) in [5, 5.41) is 0. The molecule has 25 heavy (non-hydrogen) atoms. The molecular weight excluding hydrogens is 374 g/mol. The fourth-order valence-corrected chi connectivity index (χ4v) is 3.92. The summed E-state index contributed by atoms with van der Waals surface area (Å²) in [4.78, 5) is 5.11. The van der Waals surface area contributed by atoms with E-state index in [1.165, 1.54) is 11.1 Å². The van der Waals surface area contributed by atoms with Gasteiger partial charge >= 0.3 is 0 Å². The molecule has 2 N–H and O–H groups in total. The lowest BCUT2D eigenvalue weighted by molar-refractivity contribution is 0.0798. The van der Waals surface area contributed by atoms with E-state index < -0.39 is 0 Å². The first kappa shape index (κ1) is 18.6. The Kier molecular flexibility index (Phi) is 6.65. The van der Waals surface area contributed by atoms with Crippen LogP contribution in [0.3, 0.4) is 0 Å². The van der Waals surface area contributed by atoms with Crippen molar-refractivity contribution in [1.82, 2.24) is 9.80 Å². The highest BCUT2D eigenvalue weighted by atomic mass is 79.9. The average molecular weight is 402 g/mol. The summed E-state index contributed by atoms with van der Waals surface area (Å²) >= 11 is 3.53. The fraction of sp³-hybridized carbons (Fsp3) is 0.429. The Labute approximate surface area is 159 Å². The third-order valence-corrected chi connectivity index (χ3v) is 5.67. The van der Waals surface area contributed by atoms with E-state index in [9.17, 15) is 0 Å². The monoisotopic (exact) mass is 401 g/mol. The van der Waals surface area contributed by atoms with Gasteiger partial charge in [-0.3, -0.25) is 9.80 Å². The number of hydrogen-bond acceptors (Lipinski definition) is 3. The van der Waals surface area contributed by atoms with Crippen molar-refractivity contribution in [2.45, 2.75) is 32.0 Å². The van der Waals surface area contributed by atoms with Crippen LogP contribution in [0.15, 0.2) is 59.1 Å². The van der Waals surface area contributed by atoms with Crippen molar-refractivity contribution in [3.05, 3.63) is 70.2 Å². The van der Waals surface area contributed by atoms with Crippen molar-refractivity contribution in [2.24, 2.45) is 5.73 Å². The molecular formula is C21H28BrN3. The minimum absolute atomic E-state index is 0.168. The predicted octanol–water partition coefficient (Wildman–Crippen LogP) is 4.05. The van der Waals surface area contributed by atoms with Crippen LogP contribution in [-0.2, 0) is 6.54 Å². The molecule has 0 amide bonds. The quantitative estimate of drug-likeness (QED) is 0.792. The van der Waals surface area contributed by atoms with Gasteiger partial charge in [-0.2, -0.15) is 0 Å². The zero-order chi connectivity index (χ0) is 17.6. The summed E-state index contributed by atoms with van der Waals surface area (Å²) < 4.78 is 1.12. The van der Waals surface area contributed by atoms with E-state index in [0.29, 0.717) is 6.04 Å². The molecule has 1 aliphatic rings. The van der Waals surface area contributed by atoms with Gasteiger partial charge in [-0.05, 0) is 29.7 Å². The molecule has 2 aromatic rings. The third-order valence-electron chi connectivity index (χ3n) is 5.14. The van der Waals surface area contributed by atoms with Crippen LogP contribution in [0.4, 0.5) is 0 Å². The highest BCUT2D eigenvalue weighted by molar-refractivity contribution is 9.10. The Bertz CT molecular complexity index is 636. The number of hydrogen-bond donors (Lipinski definition) is 1. The number of benzene rings is 2. The van der Waals surface area contributed by atoms with Crippen LogP contribution in [-0.4, -0.2) is 42.0 Å². The number of halogens is 1. The van der Waals surface area contributed by atoms with Crippen LogP contribution < -0.4 is 5.73 Å². The summed E-state index contributed by atoms with van der Waals surface area (Å²) in [7, 11) is 0. The highest BCUT2D eigenvalue weighted by Gasteiger charge is 2.28. The summed E-state index contributed by atoms with van der Waals surface area (Å²) in [5.74, 6) is 0. The molecule has 3 rings (SSSR count). The van der Waals surface area contributed by atoms with Crippen molar-refractivity contribution >= 4 is 15.9 Å². The second kappa shape index (κ2) is 8.95. The normalized spacial score (nSPS) is 18.8. The van der Waals surface area contributed by atoms with E-state index in [1.807, 2.05) is 0 Å². The van der Waals surface area contributed by atoms with Crippen LogP contribution in [0.1, 0.15) is 30.5 Å². The largest absolute Gasteiger partial charge is 0.326 e. The lowest BCUT2D eigenvalue weighted by Crippen LogP contribution is -2.51. The van der Waals surface area contributed by atoms with E-state index in [-0.39, 0.29) is 6.04 Å². The lowest BCUT2D eigenvalue weighted by atomic mass is 9.95. The second-order valence-corrected chi connectivity index (χ2v) is 7.78. The zero-order valence-electron chi connectivity index (χ0n) is 14.9. The lowest BCUT2D eigenvalue weighted by Gasteiger charge is -2.41. The molecule has 1 heterocycles. The first-order chi connectivity index (χ1) is 12.2. The van der Waals surface area contributed by atoms with Crippen LogP contribution in [0.25, 0.3) is 0 Å². The maximum absolute atomic E-state index is 6.51. The van der Waals surface area contributed by atoms with E-state index in [1.54, 1.807) is 0 Å². The molecule has 134 valence electrons. The SMILES string of the molecule is CCC(N)C(c1ccc(Br)cc1)N1CCN(Cc2ccccc2)CC1. The Hall–Kier alpha value is -1.20. The molecule has 0 bridgehead atoms. The first-order valence-corrected chi connectivity index (χ1v) is 9.98. The molecule has 2 aromatic carbocycles. The molecule has 1 fully saturated rings. The van der Waals surface area contributed by atoms with Gasteiger partial charge in [0.2, 0.25) is 0 Å². The second-order valence-electron chi connectivity index (χ2n) is 6.87. The predicted molar refractivity (Wildman–Crippen MR) is 108 cm³/mol. The van der Waals surface area contributed by atoms with Crippen molar-refractivity contribution in [1.29, 1.82) is 0 Å². The minimum Gasteiger partial charge on any atom is -0.326 e. The van der Waals surface area contributed by atoms with Crippen LogP contribution in [0.5, 0.6) is 0 Å². The Morgan fingerprint density at radius 1 is 0.960 bits per heavy atom. The topological polar surface area (TPSA) is 32.5 Å². The van der Waals surface area contributed by atoms with Crippen molar-refractivity contribution in [2.75, 3.05) is 26.2 Å². The Morgan fingerprint density at radius 2 is 1.60 bits per heavy atom. The smallest absolute Gasteiger partial charge is 0.0500 e. The third kappa shape index (κ3) is 4.91. The van der Waals surface area contributed by atoms with Crippen LogP contribution >= 0.6 is 15.9 Å². The van der Waals surface area contributed by atoms with Gasteiger partial charge in [0, 0.05) is 49.3 Å². The Morgan fingerprint density at radius 3 is 2.20 bits per heavy atom. The van der Waals surface area contributed by atoms with E-state index in [2.05, 4.69) is 87.3 Å². The van der Waals surface area contributed by atoms with E-state index in [0.717, 1.165) is 43.6 Å². The van der Waals surface area contributed by atoms with Gasteiger partial charge in [0.05, 0.1) is 0 Å². The molecule has 0 aromatic heterocycles. The maximum Gasteiger partial charge on any atom is 0.0500 e. The van der Waals surface area contributed by atoms with Crippen LogP contribution in [0.2, 0.25) is 0 Å². The average Bonchev–Trinajstić information content (AvgIpc) is 2.65. The first-order valence-electron chi connectivity index (χ1n) is 9.18. The van der Waals surface area contributed by atoms with Crippen molar-refractivity contribution in [3.8, 4) is 0 Å². The van der Waals surface area contributed by atoms with Gasteiger partial charge in [-0.1, -0.05) is 65.3 Å². The summed E-state index contributed by atoms with van der Waals surface area (Å²) in [6, 6.07) is 19.9. The van der Waals surface area contributed by atoms with Crippen molar-refractivity contribution in [3.63, 3.8) is 0 Å². The number of rotatable bonds is 6. The van der Waals surface area contributed by atoms with Gasteiger partial charge in [0.1, 0.15) is 0 Å². The van der Waals surface area contributed by atoms with E-state index >= 15 is 0 Å². The molecule has 2 unspecified atom stereocenters. The van der Waals surface area contributed by atoms with Gasteiger partial charge in [-0.15, -0.1) is 0 Å². The number of nitrogens with zero attached hydrogens (tertiary/aromatic N) is 2. The molecule has 1 aliphatic heterocycles. The summed E-state index contributed by atoms with van der Waals surface area (Å²) in [6.07, 6.45) is 0.991. The van der Waals surface area contributed by atoms with Gasteiger partial charge in [0.15, 0.2) is 0 Å². The molecule has 0 saturated carbocycles. The van der Waals surface area contributed by atoms with Crippen LogP contribution in [0, 0.1) is 0 Å². The molecule has 0 spiro atoms. The highest BCUT2D eigenvalue weighted by Crippen LogP contribution is 2.27. The van der Waals surface area contributed by atoms with E-state index in [4.69, 9.17) is 5.73 Å². The molecule has 1 saturated heterocycles. The van der Waals surface area contributed by atoms with Gasteiger partial charge < -0.3 is 5.73 Å². The maximum atomic E-state index is 6.51. The minimum atomic E-state index is 0.168. The number of piperazine rings is 1. The summed E-state index contributed by atoms with van der Waals surface area (Å²) in [5.41, 5.74) is 9.23.